The molecular formula is C20H25N2O2+. The van der Waals surface area contributed by atoms with E-state index in [1.807, 2.05) is 12.1 Å². The molecule has 24 heavy (non-hydrogen) atoms. The molecule has 0 amide bonds. The third-order valence-corrected chi connectivity index (χ3v) is 4.18. The molecule has 3 aromatic rings. The lowest BCUT2D eigenvalue weighted by Gasteiger charge is -2.18. The molecule has 0 spiro atoms. The number of hydrogen-bond acceptors (Lipinski definition) is 2. The predicted octanol–water partition coefficient (Wildman–Crippen LogP) is 3.82. The van der Waals surface area contributed by atoms with Crippen LogP contribution in [0.25, 0.3) is 11.0 Å². The van der Waals surface area contributed by atoms with Gasteiger partial charge in [-0.15, -0.1) is 0 Å². The first-order valence-corrected chi connectivity index (χ1v) is 8.17. The van der Waals surface area contributed by atoms with E-state index in [1.54, 1.807) is 14.2 Å². The van der Waals surface area contributed by atoms with Crippen molar-refractivity contribution < 1.29 is 14.0 Å². The van der Waals surface area contributed by atoms with Crippen LogP contribution in [-0.2, 0) is 12.0 Å². The first kappa shape index (κ1) is 16.4. The van der Waals surface area contributed by atoms with Gasteiger partial charge in [0.2, 0.25) is 0 Å². The molecular weight excluding hydrogens is 300 g/mol. The highest BCUT2D eigenvalue weighted by Gasteiger charge is 2.28. The second-order valence-corrected chi connectivity index (χ2v) is 6.96. The van der Waals surface area contributed by atoms with Crippen LogP contribution in [0.15, 0.2) is 42.5 Å². The van der Waals surface area contributed by atoms with Crippen LogP contribution in [-0.4, -0.2) is 19.2 Å². The number of imidazole rings is 1. The van der Waals surface area contributed by atoms with Crippen LogP contribution in [0.1, 0.15) is 32.2 Å². The number of H-pyrrole nitrogens is 1. The summed E-state index contributed by atoms with van der Waals surface area (Å²) < 4.78 is 13.1. The van der Waals surface area contributed by atoms with Crippen LogP contribution in [0.4, 0.5) is 0 Å². The van der Waals surface area contributed by atoms with Gasteiger partial charge < -0.3 is 9.47 Å². The van der Waals surface area contributed by atoms with Crippen LogP contribution < -0.4 is 14.0 Å². The Morgan fingerprint density at radius 3 is 2.33 bits per heavy atom. The second kappa shape index (κ2) is 6.19. The third-order valence-electron chi connectivity index (χ3n) is 4.18. The Morgan fingerprint density at radius 1 is 0.958 bits per heavy atom. The van der Waals surface area contributed by atoms with Crippen molar-refractivity contribution in [1.29, 1.82) is 0 Å². The second-order valence-electron chi connectivity index (χ2n) is 6.96. The van der Waals surface area contributed by atoms with E-state index < -0.39 is 0 Å². The standard InChI is InChI=1S/C20H24N2O2/c1-20(2,3)22-16-9-7-6-8-15(16)21-19(22)13-14-10-11-17(23-4)18(12-14)24-5/h6-12H,13H2,1-5H3/p+1. The van der Waals surface area contributed by atoms with Crippen molar-refractivity contribution >= 4 is 11.0 Å². The fourth-order valence-electron chi connectivity index (χ4n) is 3.20. The number of aromatic nitrogens is 2. The first-order valence-electron chi connectivity index (χ1n) is 8.17. The van der Waals surface area contributed by atoms with E-state index in [2.05, 4.69) is 60.7 Å². The molecule has 1 aromatic heterocycles. The Bertz CT molecular complexity index is 860. The fourth-order valence-corrected chi connectivity index (χ4v) is 3.20. The number of hydrogen-bond donors (Lipinski definition) is 1. The monoisotopic (exact) mass is 325 g/mol. The van der Waals surface area contributed by atoms with Crippen molar-refractivity contribution in [2.24, 2.45) is 0 Å². The Balaban J connectivity index is 2.07. The highest BCUT2D eigenvalue weighted by molar-refractivity contribution is 5.71. The van der Waals surface area contributed by atoms with Gasteiger partial charge in [0.1, 0.15) is 5.54 Å². The number of methoxy groups -OCH3 is 2. The van der Waals surface area contributed by atoms with Gasteiger partial charge in [0.05, 0.1) is 20.6 Å². The minimum Gasteiger partial charge on any atom is -0.493 e. The molecule has 0 unspecified atom stereocenters. The van der Waals surface area contributed by atoms with Crippen molar-refractivity contribution in [2.45, 2.75) is 32.7 Å². The highest BCUT2D eigenvalue weighted by atomic mass is 16.5. The van der Waals surface area contributed by atoms with E-state index in [0.717, 1.165) is 23.4 Å². The molecule has 2 aromatic carbocycles. The number of nitrogens with zero attached hydrogens (tertiary/aromatic N) is 1. The van der Waals surface area contributed by atoms with E-state index in [0.29, 0.717) is 0 Å². The lowest BCUT2D eigenvalue weighted by molar-refractivity contribution is -0.736. The summed E-state index contributed by atoms with van der Waals surface area (Å²) in [5.41, 5.74) is 3.55. The Kier molecular flexibility index (Phi) is 4.22. The van der Waals surface area contributed by atoms with E-state index in [-0.39, 0.29) is 5.54 Å². The summed E-state index contributed by atoms with van der Waals surface area (Å²) in [5, 5.41) is 0. The molecule has 1 N–H and O–H groups in total. The molecule has 0 aliphatic heterocycles. The molecule has 0 atom stereocenters. The van der Waals surface area contributed by atoms with Crippen LogP contribution >= 0.6 is 0 Å². The fraction of sp³-hybridized carbons (Fsp3) is 0.350. The number of para-hydroxylation sites is 2. The molecule has 1 heterocycles. The number of nitrogens with one attached hydrogen (secondary N) is 1. The lowest BCUT2D eigenvalue weighted by Crippen LogP contribution is -2.52. The first-order chi connectivity index (χ1) is 11.4. The summed E-state index contributed by atoms with van der Waals surface area (Å²) in [6, 6.07) is 14.5. The lowest BCUT2D eigenvalue weighted by atomic mass is 10.1. The van der Waals surface area contributed by atoms with Crippen LogP contribution in [0.5, 0.6) is 11.5 Å². The van der Waals surface area contributed by atoms with E-state index in [4.69, 9.17) is 9.47 Å². The summed E-state index contributed by atoms with van der Waals surface area (Å²) in [6.07, 6.45) is 0.798. The van der Waals surface area contributed by atoms with Crippen LogP contribution in [0.3, 0.4) is 0 Å². The Hall–Kier alpha value is -2.49. The maximum Gasteiger partial charge on any atom is 0.260 e. The van der Waals surface area contributed by atoms with Gasteiger partial charge in [-0.2, -0.15) is 0 Å². The normalized spacial score (nSPS) is 11.7. The Labute approximate surface area is 143 Å². The summed E-state index contributed by atoms with van der Waals surface area (Å²) in [7, 11) is 3.32. The van der Waals surface area contributed by atoms with Crippen molar-refractivity contribution in [3.8, 4) is 11.5 Å². The molecule has 0 aliphatic rings. The van der Waals surface area contributed by atoms with Crippen molar-refractivity contribution in [1.82, 2.24) is 4.98 Å². The summed E-state index contributed by atoms with van der Waals surface area (Å²) in [4.78, 5) is 3.58. The number of ether oxygens (including phenoxy) is 2. The summed E-state index contributed by atoms with van der Waals surface area (Å²) >= 11 is 0. The SMILES string of the molecule is COc1ccc(Cc2[nH]c3ccccc3[n+]2C(C)(C)C)cc1OC. The average molecular weight is 325 g/mol. The molecule has 0 saturated heterocycles. The minimum absolute atomic E-state index is 0.00844. The van der Waals surface area contributed by atoms with Gasteiger partial charge >= 0.3 is 0 Å². The maximum absolute atomic E-state index is 5.43. The predicted molar refractivity (Wildman–Crippen MR) is 95.8 cm³/mol. The molecule has 4 heteroatoms. The zero-order valence-electron chi connectivity index (χ0n) is 15.0. The summed E-state index contributed by atoms with van der Waals surface area (Å²) in [5.74, 6) is 2.69. The highest BCUT2D eigenvalue weighted by Crippen LogP contribution is 2.28. The van der Waals surface area contributed by atoms with Crippen molar-refractivity contribution in [3.05, 3.63) is 53.9 Å². The van der Waals surface area contributed by atoms with E-state index in [9.17, 15) is 0 Å². The average Bonchev–Trinajstić information content (AvgIpc) is 2.92. The van der Waals surface area contributed by atoms with E-state index in [1.165, 1.54) is 16.9 Å². The van der Waals surface area contributed by atoms with Gasteiger partial charge in [-0.05, 0) is 50.6 Å². The van der Waals surface area contributed by atoms with Gasteiger partial charge in [-0.3, -0.25) is 0 Å². The molecule has 0 radical (unpaired) electrons. The molecule has 0 bridgehead atoms. The zero-order chi connectivity index (χ0) is 17.3. The maximum atomic E-state index is 5.43. The number of aromatic amines is 1. The minimum atomic E-state index is -0.00844. The quantitative estimate of drug-likeness (QED) is 0.741. The Morgan fingerprint density at radius 2 is 1.67 bits per heavy atom. The largest absolute Gasteiger partial charge is 0.493 e. The van der Waals surface area contributed by atoms with Gasteiger partial charge in [-0.1, -0.05) is 18.2 Å². The number of fused-ring (bicyclic) bond motifs is 1. The number of rotatable bonds is 4. The smallest absolute Gasteiger partial charge is 0.260 e. The number of benzene rings is 2. The molecule has 3 rings (SSSR count). The van der Waals surface area contributed by atoms with Crippen molar-refractivity contribution in [2.75, 3.05) is 14.2 Å². The van der Waals surface area contributed by atoms with E-state index >= 15 is 0 Å². The molecule has 0 saturated carbocycles. The zero-order valence-corrected chi connectivity index (χ0v) is 15.0. The van der Waals surface area contributed by atoms with Gasteiger partial charge in [0.15, 0.2) is 22.5 Å². The summed E-state index contributed by atoms with van der Waals surface area (Å²) in [6.45, 7) is 6.68. The molecule has 0 aliphatic carbocycles. The van der Waals surface area contributed by atoms with Gasteiger partial charge in [-0.25, -0.2) is 9.55 Å². The van der Waals surface area contributed by atoms with Gasteiger partial charge in [0, 0.05) is 0 Å². The molecule has 0 fully saturated rings. The molecule has 4 nitrogen and oxygen atoms in total. The van der Waals surface area contributed by atoms with Crippen LogP contribution in [0.2, 0.25) is 0 Å². The topological polar surface area (TPSA) is 38.1 Å². The molecule has 126 valence electrons. The van der Waals surface area contributed by atoms with Crippen LogP contribution in [0, 0.1) is 0 Å². The van der Waals surface area contributed by atoms with Crippen molar-refractivity contribution in [3.63, 3.8) is 0 Å². The third kappa shape index (κ3) is 2.96. The van der Waals surface area contributed by atoms with Gasteiger partial charge in [0.25, 0.3) is 5.82 Å².